The minimum atomic E-state index is -8.68. The molecule has 23 heteroatoms. The molecule has 0 saturated heterocycles. The lowest BCUT2D eigenvalue weighted by molar-refractivity contribution is -0.461. The lowest BCUT2D eigenvalue weighted by Gasteiger charge is -2.44. The van der Waals surface area contributed by atoms with E-state index in [1.165, 1.54) is 58.0 Å². The van der Waals surface area contributed by atoms with Crippen LogP contribution in [0.4, 0.5) is 74.6 Å². The fourth-order valence-corrected chi connectivity index (χ4v) is 10.4. The summed E-state index contributed by atoms with van der Waals surface area (Å²) in [5.41, 5.74) is 0.00520. The van der Waals surface area contributed by atoms with Gasteiger partial charge in [0.25, 0.3) is 0 Å². The van der Waals surface area contributed by atoms with Crippen LogP contribution in [0.3, 0.4) is 0 Å². The molecule has 0 fully saturated rings. The molecule has 1 N–H and O–H groups in total. The molecule has 0 spiro atoms. The molecule has 1 aromatic carbocycles. The normalized spacial score (nSPS) is 16.1. The van der Waals surface area contributed by atoms with Crippen LogP contribution in [-0.4, -0.2) is 86.8 Å². The number of allylic oxidation sites excluding steroid dienone is 2. The highest BCUT2D eigenvalue weighted by Gasteiger charge is 2.95. The number of aliphatic hydroxyl groups excluding tert-OH is 1. The average Bonchev–Trinajstić information content (AvgIpc) is 3.09. The van der Waals surface area contributed by atoms with Crippen LogP contribution in [0.1, 0.15) is 73.5 Å². The van der Waals surface area contributed by atoms with E-state index in [0.717, 1.165) is 0 Å². The maximum Gasteiger partial charge on any atom is 0.460 e. The number of rotatable bonds is 22. The van der Waals surface area contributed by atoms with Gasteiger partial charge in [0.05, 0.1) is 19.3 Å². The second kappa shape index (κ2) is 18.9. The van der Waals surface area contributed by atoms with Crippen molar-refractivity contribution < 1.29 is 98.4 Å². The fraction of sp³-hybridized carbons (Fsp3) is 0.694. The third-order valence-corrected chi connectivity index (χ3v) is 15.5. The van der Waals surface area contributed by atoms with Crippen LogP contribution in [-0.2, 0) is 14.0 Å². The molecule has 0 unspecified atom stereocenters. The Kier molecular flexibility index (Phi) is 17.3. The average molecular weight is 909 g/mol. The summed E-state index contributed by atoms with van der Waals surface area (Å²) in [4.78, 5) is 11.7. The van der Waals surface area contributed by atoms with Crippen molar-refractivity contribution in [1.82, 2.24) is 0 Å². The van der Waals surface area contributed by atoms with Crippen LogP contribution in [0, 0.1) is 5.92 Å². The lowest BCUT2D eigenvalue weighted by Crippen LogP contribution is -2.74. The van der Waals surface area contributed by atoms with Gasteiger partial charge >= 0.3 is 53.6 Å². The maximum atomic E-state index is 14.9. The molecule has 1 aromatic rings. The van der Waals surface area contributed by atoms with Gasteiger partial charge in [-0.05, 0) is 61.2 Å². The molecule has 0 heterocycles. The molecule has 0 radical (unpaired) electrons. The fourth-order valence-electron chi connectivity index (χ4n) is 5.95. The highest BCUT2D eigenvalue weighted by atomic mass is 28.4. The molecule has 0 aliphatic heterocycles. The van der Waals surface area contributed by atoms with Crippen molar-refractivity contribution >= 4 is 14.3 Å². The Bertz CT molecular complexity index is 1600. The standard InChI is InChI=1S/C36H45F17O5Si/c1-9-56-27(54)19-22(6)18-23(7)24(8)28(55)25-10-12-26(13-11-25)57-15-16-58-59(20(2)3,21(4)5)17-14-29(37,38)30(39,40)31(41,42)32(43,44)33(45,46)34(47,48)35(49,50)36(51,52)53/h10-13,18-21,24,28,55H,9,14-17H2,1-8H3/b22-19+,23-18+/t24-,28-/m1/s1. The molecule has 0 aromatic heterocycles. The van der Waals surface area contributed by atoms with Crippen molar-refractivity contribution in [2.45, 2.75) is 133 Å². The van der Waals surface area contributed by atoms with Crippen LogP contribution in [0.2, 0.25) is 17.1 Å². The SMILES string of the molecule is CCOC(=O)/C=C(C)/C=C(\C)[C@@H](C)[C@@H](O)c1ccc(OCCO[Si](CCC(F)(F)C(F)(F)C(F)(F)C(F)(F)C(F)(F)C(F)(F)C(F)(F)C(F)(F)F)(C(C)C)C(C)C)cc1. The van der Waals surface area contributed by atoms with Crippen LogP contribution in [0.5, 0.6) is 5.75 Å². The van der Waals surface area contributed by atoms with Gasteiger partial charge < -0.3 is 19.0 Å². The molecule has 5 nitrogen and oxygen atoms in total. The number of carbonyl (C=O) groups excluding carboxylic acids is 1. The number of hydrogen-bond acceptors (Lipinski definition) is 5. The van der Waals surface area contributed by atoms with Crippen LogP contribution in [0.15, 0.2) is 47.6 Å². The van der Waals surface area contributed by atoms with Crippen molar-refractivity contribution in [3.05, 3.63) is 53.1 Å². The molecule has 0 aliphatic rings. The third-order valence-electron chi connectivity index (χ3n) is 9.80. The number of carbonyl (C=O) groups is 1. The van der Waals surface area contributed by atoms with Crippen molar-refractivity contribution in [3.63, 3.8) is 0 Å². The molecule has 0 aliphatic carbocycles. The topological polar surface area (TPSA) is 65.0 Å². The first-order valence-electron chi connectivity index (χ1n) is 17.7. The monoisotopic (exact) mass is 908 g/mol. The highest BCUT2D eigenvalue weighted by molar-refractivity contribution is 6.76. The van der Waals surface area contributed by atoms with E-state index in [-0.39, 0.29) is 19.0 Å². The van der Waals surface area contributed by atoms with E-state index in [0.29, 0.717) is 16.7 Å². The van der Waals surface area contributed by atoms with Gasteiger partial charge in [0.2, 0.25) is 0 Å². The summed E-state index contributed by atoms with van der Waals surface area (Å²) < 4.78 is 251. The molecule has 342 valence electrons. The summed E-state index contributed by atoms with van der Waals surface area (Å²) in [6.45, 7) is 11.4. The largest absolute Gasteiger partial charge is 0.491 e. The van der Waals surface area contributed by atoms with Crippen molar-refractivity contribution in [3.8, 4) is 5.75 Å². The zero-order valence-electron chi connectivity index (χ0n) is 32.8. The van der Waals surface area contributed by atoms with Gasteiger partial charge in [0.1, 0.15) is 12.4 Å². The Morgan fingerprint density at radius 2 is 1.12 bits per heavy atom. The van der Waals surface area contributed by atoms with Gasteiger partial charge in [0, 0.05) is 18.4 Å². The Labute approximate surface area is 330 Å². The van der Waals surface area contributed by atoms with Crippen LogP contribution < -0.4 is 4.74 Å². The summed E-state index contributed by atoms with van der Waals surface area (Å²) in [6.07, 6.45) is -8.43. The maximum absolute atomic E-state index is 14.9. The van der Waals surface area contributed by atoms with Gasteiger partial charge in [-0.25, -0.2) is 4.79 Å². The Hall–Kier alpha value is -3.08. The third kappa shape index (κ3) is 10.7. The first-order valence-corrected chi connectivity index (χ1v) is 19.9. The predicted molar refractivity (Wildman–Crippen MR) is 182 cm³/mol. The zero-order chi connectivity index (χ0) is 46.6. The molecule has 2 atom stereocenters. The summed E-state index contributed by atoms with van der Waals surface area (Å²) in [7, 11) is -3.95. The first kappa shape index (κ1) is 53.9. The Balaban J connectivity index is 3.21. The van der Waals surface area contributed by atoms with E-state index in [2.05, 4.69) is 0 Å². The number of alkyl halides is 17. The van der Waals surface area contributed by atoms with Gasteiger partial charge in [-0.15, -0.1) is 0 Å². The van der Waals surface area contributed by atoms with Crippen molar-refractivity contribution in [2.75, 3.05) is 19.8 Å². The van der Waals surface area contributed by atoms with Gasteiger partial charge in [0.15, 0.2) is 8.32 Å². The highest BCUT2D eigenvalue weighted by Crippen LogP contribution is 2.64. The minimum Gasteiger partial charge on any atom is -0.491 e. The zero-order valence-corrected chi connectivity index (χ0v) is 33.8. The van der Waals surface area contributed by atoms with Crippen LogP contribution in [0.25, 0.3) is 0 Å². The number of benzene rings is 1. The summed E-state index contributed by atoms with van der Waals surface area (Å²) in [5.74, 6) is -57.5. The second-order valence-corrected chi connectivity index (χ2v) is 19.4. The van der Waals surface area contributed by atoms with Crippen molar-refractivity contribution in [2.24, 2.45) is 5.92 Å². The van der Waals surface area contributed by atoms with E-state index in [1.54, 1.807) is 33.8 Å². The second-order valence-electron chi connectivity index (χ2n) is 14.4. The molecule has 0 amide bonds. The van der Waals surface area contributed by atoms with E-state index in [9.17, 15) is 84.5 Å². The van der Waals surface area contributed by atoms with Crippen LogP contribution >= 0.6 is 0 Å². The molecule has 1 rings (SSSR count). The summed E-state index contributed by atoms with van der Waals surface area (Å²) in [6, 6.07) is 4.53. The summed E-state index contributed by atoms with van der Waals surface area (Å²) in [5, 5.41) is 10.9. The quantitative estimate of drug-likeness (QED) is 0.0314. The van der Waals surface area contributed by atoms with E-state index in [1.807, 2.05) is 0 Å². The van der Waals surface area contributed by atoms with E-state index < -0.39 is 104 Å². The minimum absolute atomic E-state index is 0.170. The van der Waals surface area contributed by atoms with Crippen molar-refractivity contribution in [1.29, 1.82) is 0 Å². The van der Waals surface area contributed by atoms with E-state index in [4.69, 9.17) is 13.9 Å². The predicted octanol–water partition coefficient (Wildman–Crippen LogP) is 12.4. The molecular weight excluding hydrogens is 863 g/mol. The van der Waals surface area contributed by atoms with Gasteiger partial charge in [-0.2, -0.15) is 74.6 Å². The van der Waals surface area contributed by atoms with Gasteiger partial charge in [-0.3, -0.25) is 0 Å². The number of ether oxygens (including phenoxy) is 2. The molecule has 0 bridgehead atoms. The Morgan fingerprint density at radius 1 is 0.678 bits per heavy atom. The van der Waals surface area contributed by atoms with Gasteiger partial charge in [-0.1, -0.05) is 58.4 Å². The number of hydrogen-bond donors (Lipinski definition) is 1. The lowest BCUT2D eigenvalue weighted by atomic mass is 9.88. The number of esters is 1. The molecular formula is C36H45F17O5Si. The smallest absolute Gasteiger partial charge is 0.460 e. The number of aliphatic hydroxyl groups is 1. The Morgan fingerprint density at radius 3 is 1.54 bits per heavy atom. The summed E-state index contributed by atoms with van der Waals surface area (Å²) >= 11 is 0. The first-order chi connectivity index (χ1) is 26.4. The number of halogens is 17. The molecule has 0 saturated carbocycles. The molecule has 59 heavy (non-hydrogen) atoms. The van der Waals surface area contributed by atoms with E-state index >= 15 is 0 Å².